The molecule has 96 valence electrons. The van der Waals surface area contributed by atoms with Gasteiger partial charge in [-0.25, -0.2) is 4.98 Å². The van der Waals surface area contributed by atoms with Crippen molar-refractivity contribution in [3.05, 3.63) is 46.0 Å². The molecule has 4 heteroatoms. The molecular weight excluding hydrogens is 242 g/mol. The first-order valence-electron chi connectivity index (χ1n) is 6.49. The zero-order valence-electron chi connectivity index (χ0n) is 10.7. The molecule has 0 aliphatic carbocycles. The highest BCUT2D eigenvalue weighted by atomic mass is 32.1. The van der Waals surface area contributed by atoms with Crippen molar-refractivity contribution >= 4 is 12.2 Å². The van der Waals surface area contributed by atoms with E-state index in [2.05, 4.69) is 46.4 Å². The summed E-state index contributed by atoms with van der Waals surface area (Å²) in [5.74, 6) is 0.947. The minimum Gasteiger partial charge on any atom is -0.286 e. The third-order valence-corrected chi connectivity index (χ3v) is 3.18. The summed E-state index contributed by atoms with van der Waals surface area (Å²) in [6, 6.07) is 8.94. The molecule has 1 aromatic heterocycles. The van der Waals surface area contributed by atoms with Gasteiger partial charge in [-0.1, -0.05) is 37.6 Å². The number of aromatic amines is 2. The summed E-state index contributed by atoms with van der Waals surface area (Å²) in [4.78, 5) is 4.18. The summed E-state index contributed by atoms with van der Waals surface area (Å²) in [7, 11) is 0. The van der Waals surface area contributed by atoms with Crippen molar-refractivity contribution in [2.75, 3.05) is 0 Å². The van der Waals surface area contributed by atoms with Crippen LogP contribution < -0.4 is 0 Å². The Bertz CT molecular complexity index is 524. The second kappa shape index (κ2) is 6.50. The highest BCUT2D eigenvalue weighted by Crippen LogP contribution is 2.09. The van der Waals surface area contributed by atoms with Crippen molar-refractivity contribution in [2.24, 2.45) is 0 Å². The molecule has 0 aliphatic heterocycles. The Kier molecular flexibility index (Phi) is 4.70. The fraction of sp³-hybridized carbons (Fsp3) is 0.429. The van der Waals surface area contributed by atoms with Crippen molar-refractivity contribution in [1.29, 1.82) is 0 Å². The lowest BCUT2D eigenvalue weighted by molar-refractivity contribution is 0.774. The number of aromatic nitrogens is 3. The maximum Gasteiger partial charge on any atom is 0.213 e. The molecule has 0 radical (unpaired) electrons. The maximum absolute atomic E-state index is 4.92. The number of benzene rings is 1. The first-order chi connectivity index (χ1) is 8.78. The normalized spacial score (nSPS) is 10.7. The molecule has 0 fully saturated rings. The van der Waals surface area contributed by atoms with E-state index in [1.54, 1.807) is 0 Å². The van der Waals surface area contributed by atoms with Gasteiger partial charge in [-0.15, -0.1) is 0 Å². The van der Waals surface area contributed by atoms with Crippen LogP contribution in [0.15, 0.2) is 24.3 Å². The summed E-state index contributed by atoms with van der Waals surface area (Å²) in [6.45, 7) is 2.21. The molecule has 0 spiro atoms. The van der Waals surface area contributed by atoms with Crippen molar-refractivity contribution in [1.82, 2.24) is 15.2 Å². The van der Waals surface area contributed by atoms with Crippen molar-refractivity contribution in [3.63, 3.8) is 0 Å². The Morgan fingerprint density at radius 1 is 1.00 bits per heavy atom. The zero-order valence-corrected chi connectivity index (χ0v) is 11.5. The lowest BCUT2D eigenvalue weighted by atomic mass is 10.0. The molecule has 2 rings (SSSR count). The van der Waals surface area contributed by atoms with Crippen LogP contribution in [-0.2, 0) is 19.3 Å². The van der Waals surface area contributed by atoms with Crippen LogP contribution in [0.2, 0.25) is 0 Å². The fourth-order valence-corrected chi connectivity index (χ4v) is 2.20. The van der Waals surface area contributed by atoms with Crippen molar-refractivity contribution in [2.45, 2.75) is 39.0 Å². The number of hydrogen-bond acceptors (Lipinski definition) is 2. The van der Waals surface area contributed by atoms with Gasteiger partial charge in [0.05, 0.1) is 0 Å². The van der Waals surface area contributed by atoms with Gasteiger partial charge in [-0.05, 0) is 42.6 Å². The molecular formula is C14H19N3S. The Labute approximate surface area is 113 Å². The van der Waals surface area contributed by atoms with Crippen LogP contribution in [0.5, 0.6) is 0 Å². The smallest absolute Gasteiger partial charge is 0.213 e. The third kappa shape index (κ3) is 3.81. The van der Waals surface area contributed by atoms with Gasteiger partial charge in [0.15, 0.2) is 0 Å². The summed E-state index contributed by atoms with van der Waals surface area (Å²) < 4.78 is 0.536. The third-order valence-electron chi connectivity index (χ3n) is 2.99. The van der Waals surface area contributed by atoms with Crippen molar-refractivity contribution < 1.29 is 0 Å². The second-order valence-corrected chi connectivity index (χ2v) is 4.92. The molecule has 18 heavy (non-hydrogen) atoms. The van der Waals surface area contributed by atoms with Crippen LogP contribution in [0.1, 0.15) is 36.7 Å². The second-order valence-electron chi connectivity index (χ2n) is 4.53. The van der Waals surface area contributed by atoms with Gasteiger partial charge < -0.3 is 0 Å². The van der Waals surface area contributed by atoms with Crippen LogP contribution in [0.3, 0.4) is 0 Å². The van der Waals surface area contributed by atoms with Gasteiger partial charge in [0.2, 0.25) is 4.77 Å². The van der Waals surface area contributed by atoms with Gasteiger partial charge in [0.1, 0.15) is 5.82 Å². The van der Waals surface area contributed by atoms with E-state index in [9.17, 15) is 0 Å². The summed E-state index contributed by atoms with van der Waals surface area (Å²) >= 11 is 4.92. The summed E-state index contributed by atoms with van der Waals surface area (Å²) in [6.07, 6.45) is 5.48. The van der Waals surface area contributed by atoms with E-state index in [4.69, 9.17) is 12.2 Å². The minimum atomic E-state index is 0.536. The molecule has 2 aromatic rings. The Hall–Kier alpha value is -1.42. The minimum absolute atomic E-state index is 0.536. The number of H-pyrrole nitrogens is 2. The molecule has 2 N–H and O–H groups in total. The number of nitrogens with one attached hydrogen (secondary N) is 2. The predicted molar refractivity (Wildman–Crippen MR) is 76.2 cm³/mol. The molecule has 0 bridgehead atoms. The SMILES string of the molecule is CCCc1ccc(CCCc2nc(=S)[nH][nH]2)cc1. The molecule has 0 atom stereocenters. The van der Waals surface area contributed by atoms with Gasteiger partial charge in [0, 0.05) is 6.42 Å². The monoisotopic (exact) mass is 261 g/mol. The standard InChI is InChI=1S/C14H19N3S/c1-2-4-11-7-9-12(10-8-11)5-3-6-13-15-14(18)17-16-13/h7-10H,2-6H2,1H3,(H2,15,16,17,18). The van der Waals surface area contributed by atoms with Gasteiger partial charge in [-0.3, -0.25) is 10.2 Å². The molecule has 3 nitrogen and oxygen atoms in total. The van der Waals surface area contributed by atoms with E-state index in [1.807, 2.05) is 0 Å². The first kappa shape index (κ1) is 13.0. The summed E-state index contributed by atoms with van der Waals surface area (Å²) in [5.41, 5.74) is 2.82. The maximum atomic E-state index is 4.92. The fourth-order valence-electron chi connectivity index (χ4n) is 2.04. The van der Waals surface area contributed by atoms with E-state index in [-0.39, 0.29) is 0 Å². The van der Waals surface area contributed by atoms with Crippen LogP contribution in [0, 0.1) is 4.77 Å². The Morgan fingerprint density at radius 3 is 2.22 bits per heavy atom. The van der Waals surface area contributed by atoms with Crippen LogP contribution in [0.4, 0.5) is 0 Å². The number of nitrogens with zero attached hydrogens (tertiary/aromatic N) is 1. The van der Waals surface area contributed by atoms with Crippen LogP contribution >= 0.6 is 12.2 Å². The molecule has 0 aliphatic rings. The highest BCUT2D eigenvalue weighted by molar-refractivity contribution is 7.71. The molecule has 1 aromatic carbocycles. The lowest BCUT2D eigenvalue weighted by Gasteiger charge is -2.02. The number of aryl methyl sites for hydroxylation is 3. The predicted octanol–water partition coefficient (Wildman–Crippen LogP) is 3.60. The van der Waals surface area contributed by atoms with Gasteiger partial charge >= 0.3 is 0 Å². The number of hydrogen-bond donors (Lipinski definition) is 2. The summed E-state index contributed by atoms with van der Waals surface area (Å²) in [5, 5.41) is 5.79. The van der Waals surface area contributed by atoms with Crippen LogP contribution in [-0.4, -0.2) is 15.2 Å². The van der Waals surface area contributed by atoms with E-state index < -0.39 is 0 Å². The first-order valence-corrected chi connectivity index (χ1v) is 6.90. The average molecular weight is 261 g/mol. The molecule has 0 saturated heterocycles. The molecule has 0 amide bonds. The molecule has 1 heterocycles. The largest absolute Gasteiger partial charge is 0.286 e. The molecule has 0 unspecified atom stereocenters. The topological polar surface area (TPSA) is 44.5 Å². The van der Waals surface area contributed by atoms with E-state index in [0.717, 1.165) is 25.1 Å². The molecule has 0 saturated carbocycles. The number of rotatable bonds is 6. The Morgan fingerprint density at radius 2 is 1.67 bits per heavy atom. The van der Waals surface area contributed by atoms with E-state index in [1.165, 1.54) is 24.0 Å². The average Bonchev–Trinajstić information content (AvgIpc) is 2.78. The van der Waals surface area contributed by atoms with Crippen molar-refractivity contribution in [3.8, 4) is 0 Å². The van der Waals surface area contributed by atoms with E-state index in [0.29, 0.717) is 4.77 Å². The lowest BCUT2D eigenvalue weighted by Crippen LogP contribution is -1.93. The zero-order chi connectivity index (χ0) is 12.8. The van der Waals surface area contributed by atoms with Gasteiger partial charge in [-0.2, -0.15) is 0 Å². The highest BCUT2D eigenvalue weighted by Gasteiger charge is 1.98. The van der Waals surface area contributed by atoms with Gasteiger partial charge in [0.25, 0.3) is 0 Å². The quantitative estimate of drug-likeness (QED) is 0.780. The Balaban J connectivity index is 1.81. The van der Waals surface area contributed by atoms with Crippen LogP contribution in [0.25, 0.3) is 0 Å². The van der Waals surface area contributed by atoms with E-state index >= 15 is 0 Å².